The molecular weight excluding hydrogens is 172 g/mol. The van der Waals surface area contributed by atoms with Crippen LogP contribution in [0.5, 0.6) is 0 Å². The minimum Gasteiger partial charge on any atom is -0.468 e. The Morgan fingerprint density at radius 2 is 2.00 bits per heavy atom. The van der Waals surface area contributed by atoms with Gasteiger partial charge in [0.1, 0.15) is 5.76 Å². The fourth-order valence-electron chi connectivity index (χ4n) is 1.78. The highest BCUT2D eigenvalue weighted by atomic mass is 16.3. The van der Waals surface area contributed by atoms with Crippen LogP contribution >= 0.6 is 0 Å². The van der Waals surface area contributed by atoms with Crippen LogP contribution in [-0.4, -0.2) is 0 Å². The van der Waals surface area contributed by atoms with E-state index in [4.69, 9.17) is 4.42 Å². The third-order valence-electron chi connectivity index (χ3n) is 2.60. The molecular formula is C13H16O. The molecule has 2 rings (SSSR count). The standard InChI is InChI=1S/C13H16O/c1-2-3-4-9-13-12-8-6-5-7-11(12)10-14-13/h5-8,10H,2-4,9H2,1H3. The van der Waals surface area contributed by atoms with Crippen LogP contribution in [0.2, 0.25) is 0 Å². The van der Waals surface area contributed by atoms with E-state index in [1.54, 1.807) is 0 Å². The van der Waals surface area contributed by atoms with Crippen molar-refractivity contribution in [2.75, 3.05) is 0 Å². The molecule has 0 saturated carbocycles. The predicted molar refractivity (Wildman–Crippen MR) is 59.4 cm³/mol. The van der Waals surface area contributed by atoms with Gasteiger partial charge >= 0.3 is 0 Å². The molecule has 1 heterocycles. The topological polar surface area (TPSA) is 13.1 Å². The Labute approximate surface area is 84.7 Å². The van der Waals surface area contributed by atoms with Crippen LogP contribution in [0.3, 0.4) is 0 Å². The Kier molecular flexibility index (Phi) is 2.87. The van der Waals surface area contributed by atoms with Crippen molar-refractivity contribution in [2.45, 2.75) is 32.6 Å². The van der Waals surface area contributed by atoms with Gasteiger partial charge in [0, 0.05) is 17.2 Å². The highest BCUT2D eigenvalue weighted by Crippen LogP contribution is 2.22. The Hall–Kier alpha value is -1.24. The van der Waals surface area contributed by atoms with Crippen LogP contribution in [0.1, 0.15) is 31.9 Å². The zero-order valence-electron chi connectivity index (χ0n) is 8.62. The minimum atomic E-state index is 1.07. The van der Waals surface area contributed by atoms with E-state index < -0.39 is 0 Å². The molecule has 14 heavy (non-hydrogen) atoms. The number of aryl methyl sites for hydroxylation is 1. The summed E-state index contributed by atoms with van der Waals surface area (Å²) in [6.45, 7) is 2.22. The van der Waals surface area contributed by atoms with Crippen molar-refractivity contribution in [3.8, 4) is 0 Å². The largest absolute Gasteiger partial charge is 0.468 e. The lowest BCUT2D eigenvalue weighted by Crippen LogP contribution is -1.82. The summed E-state index contributed by atoms with van der Waals surface area (Å²) in [5, 5.41) is 2.50. The van der Waals surface area contributed by atoms with Gasteiger partial charge in [0.05, 0.1) is 6.26 Å². The van der Waals surface area contributed by atoms with Crippen molar-refractivity contribution in [1.82, 2.24) is 0 Å². The molecule has 1 aromatic heterocycles. The lowest BCUT2D eigenvalue weighted by atomic mass is 10.1. The van der Waals surface area contributed by atoms with Gasteiger partial charge in [0.25, 0.3) is 0 Å². The molecule has 1 aromatic carbocycles. The zero-order chi connectivity index (χ0) is 9.80. The molecule has 2 aromatic rings. The number of unbranched alkanes of at least 4 members (excludes halogenated alkanes) is 2. The summed E-state index contributed by atoms with van der Waals surface area (Å²) in [6, 6.07) is 8.36. The van der Waals surface area contributed by atoms with Crippen molar-refractivity contribution in [2.24, 2.45) is 0 Å². The molecule has 0 fully saturated rings. The summed E-state index contributed by atoms with van der Waals surface area (Å²) in [5.41, 5.74) is 0. The van der Waals surface area contributed by atoms with Gasteiger partial charge in [-0.25, -0.2) is 0 Å². The Morgan fingerprint density at radius 1 is 1.14 bits per heavy atom. The van der Waals surface area contributed by atoms with Gasteiger partial charge in [-0.15, -0.1) is 0 Å². The van der Waals surface area contributed by atoms with E-state index in [-0.39, 0.29) is 0 Å². The van der Waals surface area contributed by atoms with E-state index in [0.29, 0.717) is 0 Å². The van der Waals surface area contributed by atoms with Crippen LogP contribution in [0, 0.1) is 0 Å². The molecule has 0 aliphatic rings. The lowest BCUT2D eigenvalue weighted by Gasteiger charge is -1.96. The smallest absolute Gasteiger partial charge is 0.111 e. The molecule has 0 aliphatic heterocycles. The molecule has 1 heteroatoms. The normalized spacial score (nSPS) is 10.9. The Morgan fingerprint density at radius 3 is 2.86 bits per heavy atom. The van der Waals surface area contributed by atoms with Crippen LogP contribution in [0.4, 0.5) is 0 Å². The molecule has 0 unspecified atom stereocenters. The first-order valence-corrected chi connectivity index (χ1v) is 5.37. The zero-order valence-corrected chi connectivity index (χ0v) is 8.62. The van der Waals surface area contributed by atoms with E-state index in [0.717, 1.165) is 12.2 Å². The van der Waals surface area contributed by atoms with E-state index in [2.05, 4.69) is 25.1 Å². The molecule has 74 valence electrons. The highest BCUT2D eigenvalue weighted by Gasteiger charge is 2.03. The molecule has 0 bridgehead atoms. The number of fused-ring (bicyclic) bond motifs is 1. The molecule has 0 spiro atoms. The fourth-order valence-corrected chi connectivity index (χ4v) is 1.78. The van der Waals surface area contributed by atoms with Crippen molar-refractivity contribution < 1.29 is 4.42 Å². The second-order valence-corrected chi connectivity index (χ2v) is 3.70. The first-order valence-electron chi connectivity index (χ1n) is 5.37. The third kappa shape index (κ3) is 1.82. The van der Waals surface area contributed by atoms with Gasteiger partial charge in [0.15, 0.2) is 0 Å². The van der Waals surface area contributed by atoms with Crippen LogP contribution in [-0.2, 0) is 6.42 Å². The highest BCUT2D eigenvalue weighted by molar-refractivity contribution is 5.83. The number of benzene rings is 1. The van der Waals surface area contributed by atoms with E-state index in [1.165, 1.54) is 30.0 Å². The predicted octanol–water partition coefficient (Wildman–Crippen LogP) is 4.17. The maximum atomic E-state index is 5.56. The molecule has 0 amide bonds. The van der Waals surface area contributed by atoms with E-state index in [9.17, 15) is 0 Å². The van der Waals surface area contributed by atoms with E-state index in [1.807, 2.05) is 12.3 Å². The van der Waals surface area contributed by atoms with Gasteiger partial charge in [-0.2, -0.15) is 0 Å². The van der Waals surface area contributed by atoms with E-state index >= 15 is 0 Å². The minimum absolute atomic E-state index is 1.07. The maximum Gasteiger partial charge on any atom is 0.111 e. The first-order chi connectivity index (χ1) is 6.92. The maximum absolute atomic E-state index is 5.56. The quantitative estimate of drug-likeness (QED) is 0.656. The average molecular weight is 188 g/mol. The van der Waals surface area contributed by atoms with Gasteiger partial charge in [-0.05, 0) is 6.42 Å². The van der Waals surface area contributed by atoms with Gasteiger partial charge in [-0.1, -0.05) is 44.0 Å². The van der Waals surface area contributed by atoms with Gasteiger partial charge in [0.2, 0.25) is 0 Å². The third-order valence-corrected chi connectivity index (χ3v) is 2.60. The molecule has 0 aliphatic carbocycles. The Bertz CT molecular complexity index is 400. The summed E-state index contributed by atoms with van der Waals surface area (Å²) >= 11 is 0. The van der Waals surface area contributed by atoms with Crippen LogP contribution in [0.25, 0.3) is 10.8 Å². The summed E-state index contributed by atoms with van der Waals surface area (Å²) in [4.78, 5) is 0. The van der Waals surface area contributed by atoms with Gasteiger partial charge in [-0.3, -0.25) is 0 Å². The average Bonchev–Trinajstić information content (AvgIpc) is 2.63. The molecule has 0 N–H and O–H groups in total. The number of furan rings is 1. The number of hydrogen-bond donors (Lipinski definition) is 0. The van der Waals surface area contributed by atoms with Crippen LogP contribution in [0.15, 0.2) is 34.9 Å². The van der Waals surface area contributed by atoms with Crippen molar-refractivity contribution >= 4 is 10.8 Å². The number of hydrogen-bond acceptors (Lipinski definition) is 1. The molecule has 0 radical (unpaired) electrons. The van der Waals surface area contributed by atoms with Crippen molar-refractivity contribution in [1.29, 1.82) is 0 Å². The van der Waals surface area contributed by atoms with Crippen molar-refractivity contribution in [3.63, 3.8) is 0 Å². The molecule has 0 atom stereocenters. The summed E-state index contributed by atoms with van der Waals surface area (Å²) < 4.78 is 5.56. The summed E-state index contributed by atoms with van der Waals surface area (Å²) in [5.74, 6) is 1.15. The molecule has 0 saturated heterocycles. The summed E-state index contributed by atoms with van der Waals surface area (Å²) in [6.07, 6.45) is 6.71. The first kappa shape index (κ1) is 9.32. The van der Waals surface area contributed by atoms with Gasteiger partial charge < -0.3 is 4.42 Å². The second kappa shape index (κ2) is 4.32. The van der Waals surface area contributed by atoms with Crippen LogP contribution < -0.4 is 0 Å². The summed E-state index contributed by atoms with van der Waals surface area (Å²) in [7, 11) is 0. The second-order valence-electron chi connectivity index (χ2n) is 3.70. The number of rotatable bonds is 4. The Balaban J connectivity index is 2.17. The SMILES string of the molecule is CCCCCc1occ2ccccc12. The fraction of sp³-hybridized carbons (Fsp3) is 0.385. The molecule has 1 nitrogen and oxygen atoms in total. The van der Waals surface area contributed by atoms with Crippen molar-refractivity contribution in [3.05, 3.63) is 36.3 Å². The lowest BCUT2D eigenvalue weighted by molar-refractivity contribution is 0.502. The monoisotopic (exact) mass is 188 g/mol.